The van der Waals surface area contributed by atoms with Crippen LogP contribution in [-0.4, -0.2) is 4.90 Å². The molecule has 0 aromatic heterocycles. The number of allylic oxidation sites excluding steroid dienone is 5. The lowest BCUT2D eigenvalue weighted by atomic mass is 9.97. The van der Waals surface area contributed by atoms with Crippen LogP contribution in [0.3, 0.4) is 0 Å². The highest BCUT2D eigenvalue weighted by molar-refractivity contribution is 5.37. The van der Waals surface area contributed by atoms with Crippen LogP contribution in [0.4, 0.5) is 0 Å². The van der Waals surface area contributed by atoms with E-state index in [0.717, 1.165) is 18.5 Å². The van der Waals surface area contributed by atoms with Crippen LogP contribution in [0.5, 0.6) is 0 Å². The van der Waals surface area contributed by atoms with E-state index in [1.807, 2.05) is 0 Å². The molecule has 0 bridgehead atoms. The summed E-state index contributed by atoms with van der Waals surface area (Å²) in [6.45, 7) is 15.3. The Balaban J connectivity index is 3.15. The molecule has 0 fully saturated rings. The van der Waals surface area contributed by atoms with Crippen molar-refractivity contribution in [3.63, 3.8) is 0 Å². The molecular weight excluding hydrogens is 206 g/mol. The van der Waals surface area contributed by atoms with Crippen LogP contribution in [0.25, 0.3) is 0 Å². The van der Waals surface area contributed by atoms with Crippen LogP contribution in [0.2, 0.25) is 0 Å². The first-order valence-electron chi connectivity index (χ1n) is 6.57. The van der Waals surface area contributed by atoms with E-state index in [-0.39, 0.29) is 0 Å². The van der Waals surface area contributed by atoms with E-state index >= 15 is 0 Å². The van der Waals surface area contributed by atoms with Gasteiger partial charge in [-0.1, -0.05) is 39.8 Å². The monoisotopic (exact) mass is 231 g/mol. The molecule has 1 aliphatic rings. The van der Waals surface area contributed by atoms with Crippen LogP contribution in [0.15, 0.2) is 47.5 Å². The van der Waals surface area contributed by atoms with Crippen molar-refractivity contribution in [2.24, 2.45) is 5.92 Å². The van der Waals surface area contributed by atoms with Gasteiger partial charge in [-0.15, -0.1) is 0 Å². The van der Waals surface area contributed by atoms with Gasteiger partial charge in [-0.3, -0.25) is 0 Å². The van der Waals surface area contributed by atoms with Crippen LogP contribution < -0.4 is 0 Å². The summed E-state index contributed by atoms with van der Waals surface area (Å²) in [5.74, 6) is 0.526. The molecule has 1 rings (SSSR count). The summed E-state index contributed by atoms with van der Waals surface area (Å²) in [6.07, 6.45) is 8.68. The Kier molecular flexibility index (Phi) is 4.80. The summed E-state index contributed by atoms with van der Waals surface area (Å²) in [7, 11) is 0. The molecule has 1 aliphatic heterocycles. The Labute approximate surface area is 106 Å². The third kappa shape index (κ3) is 3.12. The van der Waals surface area contributed by atoms with Gasteiger partial charge in [-0.2, -0.15) is 0 Å². The lowest BCUT2D eigenvalue weighted by molar-refractivity contribution is 0.488. The first-order valence-corrected chi connectivity index (χ1v) is 6.57. The summed E-state index contributed by atoms with van der Waals surface area (Å²) in [6, 6.07) is 0. The molecule has 0 aromatic carbocycles. The van der Waals surface area contributed by atoms with Gasteiger partial charge in [-0.25, -0.2) is 0 Å². The number of nitrogens with zero attached hydrogens (tertiary/aromatic N) is 1. The summed E-state index contributed by atoms with van der Waals surface area (Å²) >= 11 is 0. The van der Waals surface area contributed by atoms with Gasteiger partial charge < -0.3 is 4.90 Å². The molecule has 17 heavy (non-hydrogen) atoms. The average molecular weight is 231 g/mol. The van der Waals surface area contributed by atoms with Crippen LogP contribution in [0.1, 0.15) is 47.5 Å². The number of rotatable bonds is 4. The molecule has 0 N–H and O–H groups in total. The van der Waals surface area contributed by atoms with Crippen molar-refractivity contribution in [3.8, 4) is 0 Å². The smallest absolute Gasteiger partial charge is 0.0383 e. The van der Waals surface area contributed by atoms with E-state index in [4.69, 9.17) is 0 Å². The Morgan fingerprint density at radius 1 is 1.29 bits per heavy atom. The van der Waals surface area contributed by atoms with E-state index in [2.05, 4.69) is 64.4 Å². The fourth-order valence-corrected chi connectivity index (χ4v) is 2.37. The highest BCUT2D eigenvalue weighted by Crippen LogP contribution is 2.30. The van der Waals surface area contributed by atoms with Gasteiger partial charge in [0.25, 0.3) is 0 Å². The maximum Gasteiger partial charge on any atom is 0.0383 e. The van der Waals surface area contributed by atoms with Crippen molar-refractivity contribution in [3.05, 3.63) is 47.5 Å². The largest absolute Gasteiger partial charge is 0.321 e. The zero-order valence-corrected chi connectivity index (χ0v) is 11.9. The molecule has 0 spiro atoms. The van der Waals surface area contributed by atoms with Gasteiger partial charge in [0, 0.05) is 17.6 Å². The number of hydrogen-bond acceptors (Lipinski definition) is 1. The Hall–Kier alpha value is -1.24. The summed E-state index contributed by atoms with van der Waals surface area (Å²) in [5, 5.41) is 0. The molecule has 0 unspecified atom stereocenters. The molecule has 0 saturated heterocycles. The molecule has 0 radical (unpaired) electrons. The predicted octanol–water partition coefficient (Wildman–Crippen LogP) is 5.01. The van der Waals surface area contributed by atoms with Gasteiger partial charge >= 0.3 is 0 Å². The maximum atomic E-state index is 4.16. The van der Waals surface area contributed by atoms with Crippen molar-refractivity contribution in [1.82, 2.24) is 4.90 Å². The fraction of sp³-hybridized carbons (Fsp3) is 0.500. The minimum atomic E-state index is 0.526. The Bertz CT molecular complexity index is 374. The quantitative estimate of drug-likeness (QED) is 0.657. The van der Waals surface area contributed by atoms with Crippen LogP contribution in [0, 0.1) is 5.92 Å². The summed E-state index contributed by atoms with van der Waals surface area (Å²) < 4.78 is 0. The third-order valence-electron chi connectivity index (χ3n) is 3.21. The SMILES string of the molecule is C=C1C=C(C)C=CN1C(=C(CC)CC)C(C)C. The molecule has 1 nitrogen and oxygen atoms in total. The minimum absolute atomic E-state index is 0.526. The predicted molar refractivity (Wildman–Crippen MR) is 76.3 cm³/mol. The van der Waals surface area contributed by atoms with Crippen LogP contribution in [-0.2, 0) is 0 Å². The molecule has 0 aliphatic carbocycles. The molecule has 0 atom stereocenters. The van der Waals surface area contributed by atoms with Crippen molar-refractivity contribution in [2.45, 2.75) is 47.5 Å². The van der Waals surface area contributed by atoms with Crippen LogP contribution >= 0.6 is 0 Å². The van der Waals surface area contributed by atoms with E-state index in [1.165, 1.54) is 16.8 Å². The van der Waals surface area contributed by atoms with Gasteiger partial charge in [0.05, 0.1) is 0 Å². The van der Waals surface area contributed by atoms with Crippen molar-refractivity contribution < 1.29 is 0 Å². The van der Waals surface area contributed by atoms with E-state index < -0.39 is 0 Å². The molecule has 94 valence electrons. The Morgan fingerprint density at radius 3 is 2.29 bits per heavy atom. The first-order chi connectivity index (χ1) is 8.01. The highest BCUT2D eigenvalue weighted by atomic mass is 15.1. The van der Waals surface area contributed by atoms with Crippen molar-refractivity contribution in [1.29, 1.82) is 0 Å². The zero-order valence-electron chi connectivity index (χ0n) is 11.9. The van der Waals surface area contributed by atoms with Crippen molar-refractivity contribution >= 4 is 0 Å². The maximum absolute atomic E-state index is 4.16. The fourth-order valence-electron chi connectivity index (χ4n) is 2.37. The summed E-state index contributed by atoms with van der Waals surface area (Å²) in [5.41, 5.74) is 5.29. The second-order valence-corrected chi connectivity index (χ2v) is 4.92. The second-order valence-electron chi connectivity index (χ2n) is 4.92. The molecule has 0 saturated carbocycles. The van der Waals surface area contributed by atoms with Gasteiger partial charge in [-0.05, 0) is 43.4 Å². The van der Waals surface area contributed by atoms with E-state index in [9.17, 15) is 0 Å². The third-order valence-corrected chi connectivity index (χ3v) is 3.21. The average Bonchev–Trinajstić information content (AvgIpc) is 2.26. The topological polar surface area (TPSA) is 3.24 Å². The molecule has 1 heterocycles. The first kappa shape index (κ1) is 13.8. The molecular formula is C16H25N. The molecule has 0 aromatic rings. The minimum Gasteiger partial charge on any atom is -0.321 e. The lowest BCUT2D eigenvalue weighted by Crippen LogP contribution is -2.22. The molecule has 0 amide bonds. The van der Waals surface area contributed by atoms with Crippen molar-refractivity contribution in [2.75, 3.05) is 0 Å². The Morgan fingerprint density at radius 2 is 1.88 bits per heavy atom. The second kappa shape index (κ2) is 5.90. The van der Waals surface area contributed by atoms with Gasteiger partial charge in [0.15, 0.2) is 0 Å². The van der Waals surface area contributed by atoms with Gasteiger partial charge in [0.1, 0.15) is 0 Å². The summed E-state index contributed by atoms with van der Waals surface area (Å²) in [4.78, 5) is 2.25. The normalized spacial score (nSPS) is 15.3. The zero-order chi connectivity index (χ0) is 13.0. The van der Waals surface area contributed by atoms with E-state index in [0.29, 0.717) is 5.92 Å². The van der Waals surface area contributed by atoms with E-state index in [1.54, 1.807) is 0 Å². The molecule has 1 heteroatoms. The lowest BCUT2D eigenvalue weighted by Gasteiger charge is -2.31. The standard InChI is InChI=1S/C16H25N/c1-7-15(8-2)16(12(3)4)17-10-9-13(5)11-14(17)6/h9-12H,6-8H2,1-5H3. The van der Waals surface area contributed by atoms with Gasteiger partial charge in [0.2, 0.25) is 0 Å². The number of hydrogen-bond donors (Lipinski definition) is 0. The highest BCUT2D eigenvalue weighted by Gasteiger charge is 2.18.